The van der Waals surface area contributed by atoms with Crippen molar-refractivity contribution in [3.63, 3.8) is 0 Å². The van der Waals surface area contributed by atoms with Crippen molar-refractivity contribution in [3.8, 4) is 0 Å². The lowest BCUT2D eigenvalue weighted by Crippen LogP contribution is -1.89. The maximum absolute atomic E-state index is 3.50. The standard InChI is InChI=1S/C14H12Br2/c15-10-13-5-1-3-11(8-13)7-12-4-2-6-14(16)9-12/h1-6,8-9H,7,10H2. The smallest absolute Gasteiger partial charge is 0.0283 e. The zero-order valence-corrected chi connectivity index (χ0v) is 12.0. The molecule has 2 heteroatoms. The second kappa shape index (κ2) is 5.65. The van der Waals surface area contributed by atoms with Gasteiger partial charge in [-0.2, -0.15) is 0 Å². The molecule has 0 N–H and O–H groups in total. The highest BCUT2D eigenvalue weighted by Crippen LogP contribution is 2.16. The van der Waals surface area contributed by atoms with E-state index in [1.165, 1.54) is 16.7 Å². The van der Waals surface area contributed by atoms with E-state index in [4.69, 9.17) is 0 Å². The highest BCUT2D eigenvalue weighted by atomic mass is 79.9. The first-order valence-electron chi connectivity index (χ1n) is 5.16. The first-order chi connectivity index (χ1) is 7.78. The van der Waals surface area contributed by atoms with Crippen LogP contribution >= 0.6 is 31.9 Å². The van der Waals surface area contributed by atoms with E-state index in [0.717, 1.165) is 16.2 Å². The summed E-state index contributed by atoms with van der Waals surface area (Å²) in [5.74, 6) is 0. The van der Waals surface area contributed by atoms with Crippen LogP contribution in [0.1, 0.15) is 16.7 Å². The average molecular weight is 340 g/mol. The SMILES string of the molecule is BrCc1cccc(Cc2cccc(Br)c2)c1. The minimum absolute atomic E-state index is 0.916. The number of benzene rings is 2. The Hall–Kier alpha value is -0.600. The summed E-state index contributed by atoms with van der Waals surface area (Å²) in [6.45, 7) is 0. The first kappa shape index (κ1) is 11.9. The molecule has 0 spiro atoms. The molecular formula is C14H12Br2. The third-order valence-electron chi connectivity index (χ3n) is 2.44. The Bertz CT molecular complexity index is 478. The second-order valence-corrected chi connectivity index (χ2v) is 5.24. The van der Waals surface area contributed by atoms with E-state index < -0.39 is 0 Å². The monoisotopic (exact) mass is 338 g/mol. The number of halogens is 2. The van der Waals surface area contributed by atoms with Crippen LogP contribution in [0.2, 0.25) is 0 Å². The molecule has 0 aromatic heterocycles. The number of hydrogen-bond donors (Lipinski definition) is 0. The molecule has 16 heavy (non-hydrogen) atoms. The summed E-state index contributed by atoms with van der Waals surface area (Å²) in [6, 6.07) is 17.1. The molecule has 0 amide bonds. The van der Waals surface area contributed by atoms with Gasteiger partial charge in [-0.15, -0.1) is 0 Å². The van der Waals surface area contributed by atoms with Gasteiger partial charge in [0.1, 0.15) is 0 Å². The van der Waals surface area contributed by atoms with Crippen molar-refractivity contribution < 1.29 is 0 Å². The molecule has 0 unspecified atom stereocenters. The normalized spacial score (nSPS) is 10.4. The van der Waals surface area contributed by atoms with E-state index >= 15 is 0 Å². The molecule has 0 bridgehead atoms. The van der Waals surface area contributed by atoms with Crippen molar-refractivity contribution >= 4 is 31.9 Å². The van der Waals surface area contributed by atoms with Gasteiger partial charge in [-0.3, -0.25) is 0 Å². The number of rotatable bonds is 3. The van der Waals surface area contributed by atoms with E-state index in [2.05, 4.69) is 80.4 Å². The van der Waals surface area contributed by atoms with Crippen LogP contribution in [0.15, 0.2) is 53.0 Å². The van der Waals surface area contributed by atoms with Crippen LogP contribution in [0.5, 0.6) is 0 Å². The molecule has 0 atom stereocenters. The molecule has 0 saturated carbocycles. The van der Waals surface area contributed by atoms with Crippen molar-refractivity contribution in [2.45, 2.75) is 11.8 Å². The van der Waals surface area contributed by atoms with Gasteiger partial charge >= 0.3 is 0 Å². The fourth-order valence-corrected chi connectivity index (χ4v) is 2.50. The summed E-state index contributed by atoms with van der Waals surface area (Å²) in [4.78, 5) is 0. The predicted molar refractivity (Wildman–Crippen MR) is 76.0 cm³/mol. The maximum Gasteiger partial charge on any atom is 0.0283 e. The van der Waals surface area contributed by atoms with Crippen LogP contribution in [-0.4, -0.2) is 0 Å². The van der Waals surface area contributed by atoms with Crippen LogP contribution in [-0.2, 0) is 11.8 Å². The molecule has 2 rings (SSSR count). The van der Waals surface area contributed by atoms with Gasteiger partial charge in [0.05, 0.1) is 0 Å². The van der Waals surface area contributed by atoms with Gasteiger partial charge in [0, 0.05) is 9.80 Å². The predicted octanol–water partition coefficient (Wildman–Crippen LogP) is 4.93. The molecule has 0 heterocycles. The molecule has 0 radical (unpaired) electrons. The number of hydrogen-bond acceptors (Lipinski definition) is 0. The Morgan fingerprint density at radius 3 is 2.12 bits per heavy atom. The lowest BCUT2D eigenvalue weighted by Gasteiger charge is -2.04. The molecule has 0 fully saturated rings. The lowest BCUT2D eigenvalue weighted by molar-refractivity contribution is 1.18. The summed E-state index contributed by atoms with van der Waals surface area (Å²) in [5.41, 5.74) is 4.02. The van der Waals surface area contributed by atoms with E-state index in [0.29, 0.717) is 0 Å². The summed E-state index contributed by atoms with van der Waals surface area (Å²) in [6.07, 6.45) is 0.986. The van der Waals surface area contributed by atoms with Crippen LogP contribution in [0, 0.1) is 0 Å². The van der Waals surface area contributed by atoms with E-state index in [1.807, 2.05) is 0 Å². The summed E-state index contributed by atoms with van der Waals surface area (Å²) >= 11 is 6.98. The Labute approximate surface area is 113 Å². The Morgan fingerprint density at radius 2 is 1.44 bits per heavy atom. The molecule has 2 aromatic rings. The molecule has 0 nitrogen and oxygen atoms in total. The quantitative estimate of drug-likeness (QED) is 0.695. The Kier molecular flexibility index (Phi) is 4.19. The van der Waals surface area contributed by atoms with Gasteiger partial charge in [-0.05, 0) is 35.2 Å². The van der Waals surface area contributed by atoms with Gasteiger partial charge in [0.15, 0.2) is 0 Å². The molecule has 0 aliphatic carbocycles. The summed E-state index contributed by atoms with van der Waals surface area (Å²) < 4.78 is 1.14. The largest absolute Gasteiger partial charge is 0.0876 e. The van der Waals surface area contributed by atoms with Gasteiger partial charge in [-0.1, -0.05) is 68.3 Å². The third-order valence-corrected chi connectivity index (χ3v) is 3.58. The average Bonchev–Trinajstić information content (AvgIpc) is 2.29. The van der Waals surface area contributed by atoms with Crippen molar-refractivity contribution in [1.82, 2.24) is 0 Å². The van der Waals surface area contributed by atoms with Gasteiger partial charge < -0.3 is 0 Å². The molecule has 0 aliphatic heterocycles. The second-order valence-electron chi connectivity index (χ2n) is 3.76. The van der Waals surface area contributed by atoms with Crippen LogP contribution < -0.4 is 0 Å². The zero-order valence-electron chi connectivity index (χ0n) is 8.79. The van der Waals surface area contributed by atoms with Gasteiger partial charge in [0.25, 0.3) is 0 Å². The molecule has 82 valence electrons. The lowest BCUT2D eigenvalue weighted by atomic mass is 10.0. The van der Waals surface area contributed by atoms with Gasteiger partial charge in [-0.25, -0.2) is 0 Å². The van der Waals surface area contributed by atoms with E-state index in [9.17, 15) is 0 Å². The minimum Gasteiger partial charge on any atom is -0.0876 e. The molecule has 0 saturated heterocycles. The van der Waals surface area contributed by atoms with Gasteiger partial charge in [0.2, 0.25) is 0 Å². The first-order valence-corrected chi connectivity index (χ1v) is 7.07. The number of alkyl halides is 1. The summed E-state index contributed by atoms with van der Waals surface area (Å²) in [7, 11) is 0. The van der Waals surface area contributed by atoms with Crippen LogP contribution in [0.4, 0.5) is 0 Å². The third kappa shape index (κ3) is 3.19. The fraction of sp³-hybridized carbons (Fsp3) is 0.143. The highest BCUT2D eigenvalue weighted by molar-refractivity contribution is 9.10. The van der Waals surface area contributed by atoms with Crippen LogP contribution in [0.25, 0.3) is 0 Å². The Balaban J connectivity index is 2.20. The van der Waals surface area contributed by atoms with E-state index in [1.54, 1.807) is 0 Å². The molecular weight excluding hydrogens is 328 g/mol. The topological polar surface area (TPSA) is 0 Å². The van der Waals surface area contributed by atoms with E-state index in [-0.39, 0.29) is 0 Å². The maximum atomic E-state index is 3.50. The van der Waals surface area contributed by atoms with Crippen LogP contribution in [0.3, 0.4) is 0 Å². The fourth-order valence-electron chi connectivity index (χ4n) is 1.71. The van der Waals surface area contributed by atoms with Crippen molar-refractivity contribution in [1.29, 1.82) is 0 Å². The Morgan fingerprint density at radius 1 is 0.812 bits per heavy atom. The highest BCUT2D eigenvalue weighted by Gasteiger charge is 1.98. The molecule has 0 aliphatic rings. The summed E-state index contributed by atoms with van der Waals surface area (Å²) in [5, 5.41) is 0.916. The minimum atomic E-state index is 0.916. The molecule has 2 aromatic carbocycles. The zero-order chi connectivity index (χ0) is 11.4. The van der Waals surface area contributed by atoms with Crippen molar-refractivity contribution in [2.24, 2.45) is 0 Å². The van der Waals surface area contributed by atoms with Crippen molar-refractivity contribution in [2.75, 3.05) is 0 Å². The van der Waals surface area contributed by atoms with Crippen molar-refractivity contribution in [3.05, 3.63) is 69.7 Å².